The summed E-state index contributed by atoms with van der Waals surface area (Å²) in [5, 5.41) is 0.529. The van der Waals surface area contributed by atoms with Gasteiger partial charge in [-0.05, 0) is 47.7 Å². The lowest BCUT2D eigenvalue weighted by atomic mass is 9.98. The fraction of sp³-hybridized carbons (Fsp3) is 0.368. The molecule has 0 aliphatic heterocycles. The number of hydrogen-bond acceptors (Lipinski definition) is 3. The average Bonchev–Trinajstić information content (AvgIpc) is 2.53. The van der Waals surface area contributed by atoms with Gasteiger partial charge in [-0.15, -0.1) is 0 Å². The Bertz CT molecular complexity index is 789. The molecule has 6 heteroatoms. The molecule has 4 nitrogen and oxygen atoms in total. The second-order valence-corrected chi connectivity index (χ2v) is 8.65. The van der Waals surface area contributed by atoms with Crippen molar-refractivity contribution in [1.82, 2.24) is 4.72 Å². The zero-order chi connectivity index (χ0) is 18.4. The van der Waals surface area contributed by atoms with Crippen molar-refractivity contribution < 1.29 is 13.2 Å². The largest absolute Gasteiger partial charge is 0.497 e. The summed E-state index contributed by atoms with van der Waals surface area (Å²) in [6.07, 6.45) is 0.709. The molecule has 2 aromatic carbocycles. The maximum atomic E-state index is 12.6. The Morgan fingerprint density at radius 3 is 2.36 bits per heavy atom. The number of sulfonamides is 1. The average molecular weight is 382 g/mol. The molecule has 0 bridgehead atoms. The molecule has 1 atom stereocenters. The van der Waals surface area contributed by atoms with E-state index >= 15 is 0 Å². The van der Waals surface area contributed by atoms with Crippen LogP contribution < -0.4 is 9.46 Å². The Kier molecular flexibility index (Phi) is 6.87. The second-order valence-electron chi connectivity index (χ2n) is 6.46. The first-order chi connectivity index (χ1) is 11.8. The molecule has 0 aromatic heterocycles. The summed E-state index contributed by atoms with van der Waals surface area (Å²) in [6.45, 7) is 4.14. The highest BCUT2D eigenvalue weighted by Gasteiger charge is 2.21. The Hall–Kier alpha value is -1.56. The van der Waals surface area contributed by atoms with E-state index in [9.17, 15) is 8.42 Å². The van der Waals surface area contributed by atoms with Gasteiger partial charge in [0, 0.05) is 11.1 Å². The van der Waals surface area contributed by atoms with Crippen LogP contribution in [0.25, 0.3) is 0 Å². The third kappa shape index (κ3) is 6.34. The number of hydrogen-bond donors (Lipinski definition) is 1. The number of methoxy groups -OCH3 is 1. The highest BCUT2D eigenvalue weighted by molar-refractivity contribution is 7.88. The fourth-order valence-corrected chi connectivity index (χ4v) is 4.24. The molecule has 1 N–H and O–H groups in total. The summed E-state index contributed by atoms with van der Waals surface area (Å²) in [7, 11) is -1.89. The van der Waals surface area contributed by atoms with Crippen LogP contribution in [0.5, 0.6) is 5.75 Å². The van der Waals surface area contributed by atoms with Gasteiger partial charge < -0.3 is 4.74 Å². The molecule has 2 aromatic rings. The maximum absolute atomic E-state index is 12.6. The highest BCUT2D eigenvalue weighted by Crippen LogP contribution is 2.25. The predicted molar refractivity (Wildman–Crippen MR) is 102 cm³/mol. The number of benzene rings is 2. The first kappa shape index (κ1) is 19.8. The van der Waals surface area contributed by atoms with Crippen molar-refractivity contribution in [3.05, 3.63) is 64.7 Å². The zero-order valence-electron chi connectivity index (χ0n) is 14.7. The van der Waals surface area contributed by atoms with Gasteiger partial charge in [-0.3, -0.25) is 0 Å². The molecule has 0 aliphatic rings. The standard InChI is InChI=1S/C19H24ClNO3S/c1-14(2)11-19(16-7-9-18(24-3)10-8-16)21-25(22,23)13-15-5-4-6-17(20)12-15/h4-10,12,14,19,21H,11,13H2,1-3H3/t19-/m1/s1. The quantitative estimate of drug-likeness (QED) is 0.729. The highest BCUT2D eigenvalue weighted by atomic mass is 35.5. The van der Waals surface area contributed by atoms with Crippen LogP contribution in [0.1, 0.15) is 37.4 Å². The third-order valence-electron chi connectivity index (χ3n) is 3.79. The normalized spacial score (nSPS) is 13.0. The minimum Gasteiger partial charge on any atom is -0.497 e. The molecular formula is C19H24ClNO3S. The van der Waals surface area contributed by atoms with Crippen molar-refractivity contribution in [3.8, 4) is 5.75 Å². The van der Waals surface area contributed by atoms with E-state index in [2.05, 4.69) is 18.6 Å². The first-order valence-corrected chi connectivity index (χ1v) is 10.2. The smallest absolute Gasteiger partial charge is 0.216 e. The van der Waals surface area contributed by atoms with Crippen LogP contribution in [0.4, 0.5) is 0 Å². The zero-order valence-corrected chi connectivity index (χ0v) is 16.3. The topological polar surface area (TPSA) is 55.4 Å². The van der Waals surface area contributed by atoms with Crippen molar-refractivity contribution in [2.75, 3.05) is 7.11 Å². The van der Waals surface area contributed by atoms with Crippen molar-refractivity contribution in [2.24, 2.45) is 5.92 Å². The number of ether oxygens (including phenoxy) is 1. The van der Waals surface area contributed by atoms with Crippen LogP contribution in [-0.2, 0) is 15.8 Å². The molecule has 0 saturated carbocycles. The predicted octanol–water partition coefficient (Wildman–Crippen LogP) is 4.56. The van der Waals surface area contributed by atoms with Gasteiger partial charge >= 0.3 is 0 Å². The lowest BCUT2D eigenvalue weighted by molar-refractivity contribution is 0.414. The molecule has 25 heavy (non-hydrogen) atoms. The third-order valence-corrected chi connectivity index (χ3v) is 5.38. The van der Waals surface area contributed by atoms with Crippen LogP contribution >= 0.6 is 11.6 Å². The summed E-state index contributed by atoms with van der Waals surface area (Å²) in [5.41, 5.74) is 1.59. The van der Waals surface area contributed by atoms with E-state index in [1.807, 2.05) is 24.3 Å². The van der Waals surface area contributed by atoms with Gasteiger partial charge in [0.1, 0.15) is 5.75 Å². The molecule has 0 spiro atoms. The van der Waals surface area contributed by atoms with Crippen LogP contribution in [0.15, 0.2) is 48.5 Å². The van der Waals surface area contributed by atoms with E-state index in [0.29, 0.717) is 22.9 Å². The summed E-state index contributed by atoms with van der Waals surface area (Å²) < 4.78 is 33.2. The Labute approximate surface area is 155 Å². The molecule has 0 heterocycles. The van der Waals surface area contributed by atoms with Gasteiger partial charge in [-0.2, -0.15) is 0 Å². The van der Waals surface area contributed by atoms with E-state index in [4.69, 9.17) is 16.3 Å². The van der Waals surface area contributed by atoms with E-state index < -0.39 is 10.0 Å². The lowest BCUT2D eigenvalue weighted by Gasteiger charge is -2.21. The van der Waals surface area contributed by atoms with Crippen molar-refractivity contribution in [1.29, 1.82) is 0 Å². The minimum atomic E-state index is -3.50. The molecule has 0 fully saturated rings. The van der Waals surface area contributed by atoms with Crippen LogP contribution in [-0.4, -0.2) is 15.5 Å². The van der Waals surface area contributed by atoms with E-state index in [1.165, 1.54) is 0 Å². The van der Waals surface area contributed by atoms with E-state index in [0.717, 1.165) is 11.3 Å². The SMILES string of the molecule is COc1ccc([C@@H](CC(C)C)NS(=O)(=O)Cc2cccc(Cl)c2)cc1. The van der Waals surface area contributed by atoms with Gasteiger partial charge in [0.05, 0.1) is 12.9 Å². The van der Waals surface area contributed by atoms with Crippen molar-refractivity contribution in [2.45, 2.75) is 32.1 Å². The van der Waals surface area contributed by atoms with Gasteiger partial charge in [0.25, 0.3) is 0 Å². The number of rotatable bonds is 8. The van der Waals surface area contributed by atoms with Gasteiger partial charge in [0.2, 0.25) is 10.0 Å². The molecular weight excluding hydrogens is 358 g/mol. The molecule has 0 aliphatic carbocycles. The Morgan fingerprint density at radius 2 is 1.80 bits per heavy atom. The fourth-order valence-electron chi connectivity index (χ4n) is 2.66. The number of nitrogens with one attached hydrogen (secondary N) is 1. The van der Waals surface area contributed by atoms with E-state index in [-0.39, 0.29) is 11.8 Å². The van der Waals surface area contributed by atoms with Crippen molar-refractivity contribution in [3.63, 3.8) is 0 Å². The monoisotopic (exact) mass is 381 g/mol. The summed E-state index contributed by atoms with van der Waals surface area (Å²) in [4.78, 5) is 0. The Balaban J connectivity index is 2.19. The summed E-state index contributed by atoms with van der Waals surface area (Å²) >= 11 is 5.95. The summed E-state index contributed by atoms with van der Waals surface area (Å²) in [6, 6.07) is 14.1. The first-order valence-electron chi connectivity index (χ1n) is 8.17. The van der Waals surface area contributed by atoms with Crippen LogP contribution in [0, 0.1) is 5.92 Å². The van der Waals surface area contributed by atoms with Gasteiger partial charge in [0.15, 0.2) is 0 Å². The number of halogens is 1. The van der Waals surface area contributed by atoms with Crippen LogP contribution in [0.2, 0.25) is 5.02 Å². The lowest BCUT2D eigenvalue weighted by Crippen LogP contribution is -2.30. The molecule has 0 saturated heterocycles. The molecule has 0 unspecified atom stereocenters. The van der Waals surface area contributed by atoms with Gasteiger partial charge in [-0.25, -0.2) is 13.1 Å². The van der Waals surface area contributed by atoms with Gasteiger partial charge in [-0.1, -0.05) is 49.7 Å². The van der Waals surface area contributed by atoms with Crippen LogP contribution in [0.3, 0.4) is 0 Å². The molecule has 136 valence electrons. The van der Waals surface area contributed by atoms with E-state index in [1.54, 1.807) is 31.4 Å². The summed E-state index contributed by atoms with van der Waals surface area (Å²) in [5.74, 6) is 0.994. The molecule has 2 rings (SSSR count). The molecule has 0 amide bonds. The second kappa shape index (κ2) is 8.70. The minimum absolute atomic E-state index is 0.0989. The van der Waals surface area contributed by atoms with Crippen molar-refractivity contribution >= 4 is 21.6 Å². The molecule has 0 radical (unpaired) electrons. The Morgan fingerprint density at radius 1 is 1.12 bits per heavy atom. The maximum Gasteiger partial charge on any atom is 0.216 e.